The number of hydrogen-bond donors (Lipinski definition) is 2. The van der Waals surface area contributed by atoms with Crippen molar-refractivity contribution in [2.75, 3.05) is 22.6 Å². The number of carbonyl (C=O) groups excluding carboxylic acids is 1. The Labute approximate surface area is 179 Å². The number of carbonyl (C=O) groups is 1. The molecule has 0 radical (unpaired) electrons. The van der Waals surface area contributed by atoms with Crippen LogP contribution in [0.3, 0.4) is 0 Å². The highest BCUT2D eigenvalue weighted by Crippen LogP contribution is 2.34. The molecule has 0 bridgehead atoms. The molecule has 3 aromatic heterocycles. The second-order valence-electron chi connectivity index (χ2n) is 8.03. The highest BCUT2D eigenvalue weighted by atomic mass is 19.1. The smallest absolute Gasteiger partial charge is 0.247 e. The fraction of sp³-hybridized carbons (Fsp3) is 0.381. The molecule has 0 saturated carbocycles. The number of hydrogen-bond acceptors (Lipinski definition) is 7. The molecule has 0 saturated heterocycles. The molecule has 4 rings (SSSR count). The zero-order valence-electron chi connectivity index (χ0n) is 17.9. The van der Waals surface area contributed by atoms with Crippen molar-refractivity contribution in [1.82, 2.24) is 24.7 Å². The summed E-state index contributed by atoms with van der Waals surface area (Å²) >= 11 is 0. The van der Waals surface area contributed by atoms with Gasteiger partial charge in [0.05, 0.1) is 24.6 Å². The molecular formula is C21H25FN8O. The van der Waals surface area contributed by atoms with Crippen molar-refractivity contribution in [2.45, 2.75) is 39.9 Å². The van der Waals surface area contributed by atoms with Gasteiger partial charge in [-0.2, -0.15) is 10.1 Å². The maximum Gasteiger partial charge on any atom is 0.247 e. The van der Waals surface area contributed by atoms with Crippen LogP contribution in [-0.4, -0.2) is 43.7 Å². The number of pyridine rings is 1. The molecule has 9 nitrogen and oxygen atoms in total. The lowest BCUT2D eigenvalue weighted by atomic mass is 9.99. The van der Waals surface area contributed by atoms with E-state index in [1.807, 2.05) is 38.9 Å². The van der Waals surface area contributed by atoms with Crippen LogP contribution in [-0.2, 0) is 17.9 Å². The number of nitrogens with one attached hydrogen (secondary N) is 2. The van der Waals surface area contributed by atoms with Crippen LogP contribution in [0.5, 0.6) is 0 Å². The second-order valence-corrected chi connectivity index (χ2v) is 8.03. The Morgan fingerprint density at radius 3 is 2.77 bits per heavy atom. The van der Waals surface area contributed by atoms with Crippen molar-refractivity contribution >= 4 is 23.4 Å². The summed E-state index contributed by atoms with van der Waals surface area (Å²) in [6.45, 7) is 6.77. The summed E-state index contributed by atoms with van der Waals surface area (Å²) in [7, 11) is 1.88. The first kappa shape index (κ1) is 20.7. The van der Waals surface area contributed by atoms with Gasteiger partial charge in [0.25, 0.3) is 0 Å². The van der Waals surface area contributed by atoms with E-state index in [0.29, 0.717) is 36.2 Å². The standard InChI is InChI=1S/C21H25FN8O/c1-12(2)18-20(31)27-17-13(3)26-21(28-19(17)29(18)4)24-7-15-8-25-30(11-15)10-14-5-16(22)9-23-6-14/h5-6,8-9,11-12,18H,7,10H2,1-4H3,(H,27,31)(H,24,26,28)/t18-/m0/s1. The molecule has 1 aliphatic heterocycles. The highest BCUT2D eigenvalue weighted by Gasteiger charge is 2.35. The molecule has 31 heavy (non-hydrogen) atoms. The number of fused-ring (bicyclic) bond motifs is 1. The van der Waals surface area contributed by atoms with Crippen LogP contribution in [0.4, 0.5) is 21.8 Å². The van der Waals surface area contributed by atoms with Gasteiger partial charge in [0.15, 0.2) is 5.82 Å². The molecule has 4 heterocycles. The van der Waals surface area contributed by atoms with E-state index in [-0.39, 0.29) is 23.7 Å². The number of aryl methyl sites for hydroxylation is 1. The predicted molar refractivity (Wildman–Crippen MR) is 115 cm³/mol. The minimum Gasteiger partial charge on any atom is -0.350 e. The van der Waals surface area contributed by atoms with E-state index < -0.39 is 0 Å². The summed E-state index contributed by atoms with van der Waals surface area (Å²) < 4.78 is 15.0. The van der Waals surface area contributed by atoms with Crippen LogP contribution < -0.4 is 15.5 Å². The van der Waals surface area contributed by atoms with E-state index in [4.69, 9.17) is 0 Å². The van der Waals surface area contributed by atoms with Crippen molar-refractivity contribution in [3.05, 3.63) is 53.5 Å². The summed E-state index contributed by atoms with van der Waals surface area (Å²) in [6, 6.07) is 1.15. The maximum absolute atomic E-state index is 13.3. The molecule has 0 aliphatic carbocycles. The van der Waals surface area contributed by atoms with E-state index in [9.17, 15) is 9.18 Å². The molecule has 2 N–H and O–H groups in total. The van der Waals surface area contributed by atoms with Gasteiger partial charge >= 0.3 is 0 Å². The number of aromatic nitrogens is 5. The van der Waals surface area contributed by atoms with Crippen molar-refractivity contribution in [2.24, 2.45) is 5.92 Å². The number of halogens is 1. The third-order valence-corrected chi connectivity index (χ3v) is 5.21. The SMILES string of the molecule is Cc1nc(NCc2cnn(Cc3cncc(F)c3)c2)nc2c1NC(=O)[C@H](C(C)C)N2C. The summed E-state index contributed by atoms with van der Waals surface area (Å²) in [6.07, 6.45) is 6.41. The Kier molecular flexibility index (Phi) is 5.53. The fourth-order valence-electron chi connectivity index (χ4n) is 3.79. The predicted octanol–water partition coefficient (Wildman–Crippen LogP) is 2.59. The average molecular weight is 424 g/mol. The van der Waals surface area contributed by atoms with Gasteiger partial charge < -0.3 is 15.5 Å². The molecular weight excluding hydrogens is 399 g/mol. The summed E-state index contributed by atoms with van der Waals surface area (Å²) in [5, 5.41) is 10.5. The lowest BCUT2D eigenvalue weighted by Gasteiger charge is -2.36. The topological polar surface area (TPSA) is 101 Å². The third-order valence-electron chi connectivity index (χ3n) is 5.21. The molecule has 10 heteroatoms. The first-order valence-electron chi connectivity index (χ1n) is 10.1. The molecule has 1 amide bonds. The highest BCUT2D eigenvalue weighted by molar-refractivity contribution is 6.03. The Morgan fingerprint density at radius 1 is 1.23 bits per heavy atom. The lowest BCUT2D eigenvalue weighted by molar-refractivity contribution is -0.118. The van der Waals surface area contributed by atoms with Crippen LogP contribution in [0.2, 0.25) is 0 Å². The van der Waals surface area contributed by atoms with Crippen molar-refractivity contribution in [1.29, 1.82) is 0 Å². The van der Waals surface area contributed by atoms with Gasteiger partial charge in [-0.3, -0.25) is 14.5 Å². The molecule has 1 atom stereocenters. The van der Waals surface area contributed by atoms with Crippen LogP contribution in [0.25, 0.3) is 0 Å². The molecule has 0 aromatic carbocycles. The zero-order valence-corrected chi connectivity index (χ0v) is 17.9. The van der Waals surface area contributed by atoms with Gasteiger partial charge in [0.2, 0.25) is 11.9 Å². The Morgan fingerprint density at radius 2 is 2.03 bits per heavy atom. The van der Waals surface area contributed by atoms with Gasteiger partial charge in [-0.05, 0) is 24.5 Å². The Hall–Kier alpha value is -3.56. The largest absolute Gasteiger partial charge is 0.350 e. The number of rotatable bonds is 6. The van der Waals surface area contributed by atoms with Crippen LogP contribution in [0.15, 0.2) is 30.9 Å². The minimum atomic E-state index is -0.368. The van der Waals surface area contributed by atoms with Gasteiger partial charge in [0, 0.05) is 31.5 Å². The molecule has 0 spiro atoms. The number of anilines is 3. The maximum atomic E-state index is 13.3. The summed E-state index contributed by atoms with van der Waals surface area (Å²) in [4.78, 5) is 27.3. The van der Waals surface area contributed by atoms with Gasteiger partial charge in [-0.1, -0.05) is 13.8 Å². The first-order chi connectivity index (χ1) is 14.8. The lowest BCUT2D eigenvalue weighted by Crippen LogP contribution is -2.49. The number of amides is 1. The first-order valence-corrected chi connectivity index (χ1v) is 10.1. The third kappa shape index (κ3) is 4.32. The van der Waals surface area contributed by atoms with Crippen molar-refractivity contribution in [3.63, 3.8) is 0 Å². The van der Waals surface area contributed by atoms with Crippen molar-refractivity contribution < 1.29 is 9.18 Å². The van der Waals surface area contributed by atoms with Gasteiger partial charge in [-0.25, -0.2) is 9.37 Å². The quantitative estimate of drug-likeness (QED) is 0.627. The summed E-state index contributed by atoms with van der Waals surface area (Å²) in [5.74, 6) is 0.904. The van der Waals surface area contributed by atoms with E-state index in [1.165, 1.54) is 12.3 Å². The summed E-state index contributed by atoms with van der Waals surface area (Å²) in [5.41, 5.74) is 3.02. The van der Waals surface area contributed by atoms with Gasteiger partial charge in [-0.15, -0.1) is 0 Å². The van der Waals surface area contributed by atoms with Gasteiger partial charge in [0.1, 0.15) is 17.5 Å². The average Bonchev–Trinajstić information content (AvgIpc) is 3.14. The van der Waals surface area contributed by atoms with Crippen LogP contribution in [0.1, 0.15) is 30.7 Å². The van der Waals surface area contributed by atoms with Crippen molar-refractivity contribution in [3.8, 4) is 0 Å². The van der Waals surface area contributed by atoms with E-state index in [1.54, 1.807) is 17.1 Å². The monoisotopic (exact) mass is 424 g/mol. The van der Waals surface area contributed by atoms with E-state index in [0.717, 1.165) is 11.1 Å². The molecule has 3 aromatic rings. The number of likely N-dealkylation sites (N-methyl/N-ethyl adjacent to an activating group) is 1. The molecule has 1 aliphatic rings. The zero-order chi connectivity index (χ0) is 22.1. The van der Waals surface area contributed by atoms with Crippen LogP contribution in [0, 0.1) is 18.7 Å². The normalized spacial score (nSPS) is 15.7. The van der Waals surface area contributed by atoms with E-state index in [2.05, 4.69) is 30.7 Å². The minimum absolute atomic E-state index is 0.0432. The molecule has 0 unspecified atom stereocenters. The Balaban J connectivity index is 1.47. The number of nitrogens with zero attached hydrogens (tertiary/aromatic N) is 6. The molecule has 162 valence electrons. The van der Waals surface area contributed by atoms with E-state index >= 15 is 0 Å². The molecule has 0 fully saturated rings. The second kappa shape index (κ2) is 8.29. The Bertz CT molecular complexity index is 1110. The van der Waals surface area contributed by atoms with Crippen LogP contribution >= 0.6 is 0 Å². The fourth-order valence-corrected chi connectivity index (χ4v) is 3.79.